The molecule has 18 heavy (non-hydrogen) atoms. The standard InChI is InChI=1S/C12H14N4O2/c1-7(2)11(18)14-12-13-10(15-16-12)8-3-5-9(17)6-4-8/h3-7,17H,1-2H3,(H2,13,14,15,16,18). The van der Waals surface area contributed by atoms with E-state index in [2.05, 4.69) is 20.5 Å². The van der Waals surface area contributed by atoms with Crippen molar-refractivity contribution < 1.29 is 9.90 Å². The van der Waals surface area contributed by atoms with Gasteiger partial charge in [-0.2, -0.15) is 4.98 Å². The number of carbonyl (C=O) groups is 1. The highest BCUT2D eigenvalue weighted by atomic mass is 16.3. The molecule has 0 aliphatic heterocycles. The van der Waals surface area contributed by atoms with Gasteiger partial charge in [0.05, 0.1) is 0 Å². The Bertz CT molecular complexity index is 545. The quantitative estimate of drug-likeness (QED) is 0.769. The van der Waals surface area contributed by atoms with Crippen LogP contribution in [0, 0.1) is 5.92 Å². The number of hydrogen-bond acceptors (Lipinski definition) is 4. The van der Waals surface area contributed by atoms with Crippen LogP contribution in [0.25, 0.3) is 11.4 Å². The molecule has 0 aliphatic carbocycles. The van der Waals surface area contributed by atoms with Crippen molar-refractivity contribution in [2.24, 2.45) is 5.92 Å². The number of phenolic OH excluding ortho intramolecular Hbond substituents is 1. The lowest BCUT2D eigenvalue weighted by Crippen LogP contribution is -2.18. The van der Waals surface area contributed by atoms with E-state index in [1.807, 2.05) is 0 Å². The predicted octanol–water partition coefficient (Wildman–Crippen LogP) is 1.77. The number of nitrogens with one attached hydrogen (secondary N) is 2. The van der Waals surface area contributed by atoms with Crippen molar-refractivity contribution in [3.8, 4) is 17.1 Å². The van der Waals surface area contributed by atoms with E-state index in [1.54, 1.807) is 38.1 Å². The van der Waals surface area contributed by atoms with E-state index in [0.29, 0.717) is 5.82 Å². The summed E-state index contributed by atoms with van der Waals surface area (Å²) < 4.78 is 0. The second kappa shape index (κ2) is 4.87. The van der Waals surface area contributed by atoms with Gasteiger partial charge in [0.25, 0.3) is 0 Å². The zero-order valence-corrected chi connectivity index (χ0v) is 10.1. The number of anilines is 1. The maximum Gasteiger partial charge on any atom is 0.249 e. The van der Waals surface area contributed by atoms with Crippen LogP contribution in [0.15, 0.2) is 24.3 Å². The fraction of sp³-hybridized carbons (Fsp3) is 0.250. The van der Waals surface area contributed by atoms with Crippen molar-refractivity contribution in [2.75, 3.05) is 5.32 Å². The molecule has 1 aromatic heterocycles. The average molecular weight is 246 g/mol. The summed E-state index contributed by atoms with van der Waals surface area (Å²) in [6.07, 6.45) is 0. The molecular formula is C12H14N4O2. The summed E-state index contributed by atoms with van der Waals surface area (Å²) in [5.41, 5.74) is 0.783. The van der Waals surface area contributed by atoms with Crippen molar-refractivity contribution in [1.29, 1.82) is 0 Å². The topological polar surface area (TPSA) is 90.9 Å². The minimum absolute atomic E-state index is 0.124. The molecule has 94 valence electrons. The third kappa shape index (κ3) is 2.65. The molecule has 6 heteroatoms. The molecule has 0 fully saturated rings. The molecule has 6 nitrogen and oxygen atoms in total. The van der Waals surface area contributed by atoms with E-state index < -0.39 is 0 Å². The second-order valence-corrected chi connectivity index (χ2v) is 4.20. The molecule has 0 saturated heterocycles. The summed E-state index contributed by atoms with van der Waals surface area (Å²) in [6, 6.07) is 6.54. The largest absolute Gasteiger partial charge is 0.508 e. The number of aromatic nitrogens is 3. The number of aromatic hydroxyl groups is 1. The van der Waals surface area contributed by atoms with Gasteiger partial charge in [0, 0.05) is 11.5 Å². The average Bonchev–Trinajstić information content (AvgIpc) is 2.78. The third-order valence-corrected chi connectivity index (χ3v) is 2.39. The van der Waals surface area contributed by atoms with Crippen molar-refractivity contribution >= 4 is 11.9 Å². The van der Waals surface area contributed by atoms with E-state index in [4.69, 9.17) is 0 Å². The summed E-state index contributed by atoms with van der Waals surface area (Å²) in [5.74, 6) is 0.712. The Hall–Kier alpha value is -2.37. The number of phenols is 1. The Morgan fingerprint density at radius 3 is 2.61 bits per heavy atom. The van der Waals surface area contributed by atoms with Gasteiger partial charge in [-0.05, 0) is 24.3 Å². The molecule has 3 N–H and O–H groups in total. The summed E-state index contributed by atoms with van der Waals surface area (Å²) in [7, 11) is 0. The molecule has 2 rings (SSSR count). The minimum Gasteiger partial charge on any atom is -0.508 e. The van der Waals surface area contributed by atoms with Crippen LogP contribution in [-0.4, -0.2) is 26.2 Å². The fourth-order valence-electron chi connectivity index (χ4n) is 1.32. The first-order valence-electron chi connectivity index (χ1n) is 5.59. The SMILES string of the molecule is CC(C)C(=O)Nc1n[nH]c(-c2ccc(O)cc2)n1. The zero-order chi connectivity index (χ0) is 13.1. The Morgan fingerprint density at radius 1 is 1.33 bits per heavy atom. The van der Waals surface area contributed by atoms with E-state index in [1.165, 1.54) is 0 Å². The smallest absolute Gasteiger partial charge is 0.249 e. The molecule has 0 saturated carbocycles. The van der Waals surface area contributed by atoms with E-state index in [9.17, 15) is 9.90 Å². The van der Waals surface area contributed by atoms with Crippen LogP contribution in [-0.2, 0) is 4.79 Å². The summed E-state index contributed by atoms with van der Waals surface area (Å²) in [6.45, 7) is 3.59. The lowest BCUT2D eigenvalue weighted by atomic mass is 10.2. The Morgan fingerprint density at radius 2 is 2.00 bits per heavy atom. The molecule has 0 aliphatic rings. The van der Waals surface area contributed by atoms with Crippen molar-refractivity contribution in [2.45, 2.75) is 13.8 Å². The Labute approximate surface area is 104 Å². The molecule has 0 atom stereocenters. The van der Waals surface area contributed by atoms with Crippen molar-refractivity contribution in [1.82, 2.24) is 15.2 Å². The number of amides is 1. The number of benzene rings is 1. The highest BCUT2D eigenvalue weighted by Crippen LogP contribution is 2.19. The number of nitrogens with zero attached hydrogens (tertiary/aromatic N) is 2. The number of H-pyrrole nitrogens is 1. The maximum absolute atomic E-state index is 11.5. The molecule has 1 aromatic carbocycles. The second-order valence-electron chi connectivity index (χ2n) is 4.20. The first kappa shape index (κ1) is 12.1. The fourth-order valence-corrected chi connectivity index (χ4v) is 1.32. The Kier molecular flexibility index (Phi) is 3.27. The van der Waals surface area contributed by atoms with Gasteiger partial charge in [-0.3, -0.25) is 15.2 Å². The summed E-state index contributed by atoms with van der Waals surface area (Å²) >= 11 is 0. The van der Waals surface area contributed by atoms with Gasteiger partial charge >= 0.3 is 0 Å². The predicted molar refractivity (Wildman–Crippen MR) is 67.0 cm³/mol. The lowest BCUT2D eigenvalue weighted by Gasteiger charge is -2.02. The molecular weight excluding hydrogens is 232 g/mol. The van der Waals surface area contributed by atoms with Crippen LogP contribution in [0.5, 0.6) is 5.75 Å². The zero-order valence-electron chi connectivity index (χ0n) is 10.1. The summed E-state index contributed by atoms with van der Waals surface area (Å²) in [5, 5.41) is 18.4. The molecule has 0 bridgehead atoms. The van der Waals surface area contributed by atoms with Gasteiger partial charge in [-0.15, -0.1) is 5.10 Å². The van der Waals surface area contributed by atoms with Gasteiger partial charge in [-0.25, -0.2) is 0 Å². The van der Waals surface area contributed by atoms with Crippen LogP contribution in [0.4, 0.5) is 5.95 Å². The number of hydrogen-bond donors (Lipinski definition) is 3. The monoisotopic (exact) mass is 246 g/mol. The van der Waals surface area contributed by atoms with Crippen LogP contribution < -0.4 is 5.32 Å². The number of aromatic amines is 1. The highest BCUT2D eigenvalue weighted by molar-refractivity contribution is 5.90. The van der Waals surface area contributed by atoms with Gasteiger partial charge < -0.3 is 5.11 Å². The van der Waals surface area contributed by atoms with Crippen LogP contribution in [0.1, 0.15) is 13.8 Å². The van der Waals surface area contributed by atoms with Crippen molar-refractivity contribution in [3.63, 3.8) is 0 Å². The molecule has 0 spiro atoms. The summed E-state index contributed by atoms with van der Waals surface area (Å²) in [4.78, 5) is 15.6. The molecule has 1 amide bonds. The molecule has 0 unspecified atom stereocenters. The first-order valence-corrected chi connectivity index (χ1v) is 5.59. The normalized spacial score (nSPS) is 10.6. The van der Waals surface area contributed by atoms with E-state index in [-0.39, 0.29) is 23.5 Å². The third-order valence-electron chi connectivity index (χ3n) is 2.39. The molecule has 1 heterocycles. The van der Waals surface area contributed by atoms with Crippen LogP contribution in [0.3, 0.4) is 0 Å². The van der Waals surface area contributed by atoms with Gasteiger partial charge in [0.2, 0.25) is 11.9 Å². The van der Waals surface area contributed by atoms with Gasteiger partial charge in [-0.1, -0.05) is 13.8 Å². The minimum atomic E-state index is -0.133. The van der Waals surface area contributed by atoms with E-state index in [0.717, 1.165) is 5.56 Å². The Balaban J connectivity index is 2.15. The highest BCUT2D eigenvalue weighted by Gasteiger charge is 2.11. The van der Waals surface area contributed by atoms with Crippen LogP contribution in [0.2, 0.25) is 0 Å². The van der Waals surface area contributed by atoms with Crippen LogP contribution >= 0.6 is 0 Å². The maximum atomic E-state index is 11.5. The van der Waals surface area contributed by atoms with Gasteiger partial charge in [0.15, 0.2) is 5.82 Å². The first-order chi connectivity index (χ1) is 8.56. The van der Waals surface area contributed by atoms with Crippen molar-refractivity contribution in [3.05, 3.63) is 24.3 Å². The lowest BCUT2D eigenvalue weighted by molar-refractivity contribution is -0.118. The number of carbonyl (C=O) groups excluding carboxylic acids is 1. The molecule has 0 radical (unpaired) electrons. The van der Waals surface area contributed by atoms with Gasteiger partial charge in [0.1, 0.15) is 5.75 Å². The molecule has 2 aromatic rings. The number of rotatable bonds is 3. The van der Waals surface area contributed by atoms with E-state index >= 15 is 0 Å².